The topological polar surface area (TPSA) is 71.4 Å². The number of thioether (sulfide) groups is 1. The smallest absolute Gasteiger partial charge is 0.294 e. The summed E-state index contributed by atoms with van der Waals surface area (Å²) in [5.41, 5.74) is 1.41. The number of carbonyl (C=O) groups is 3. The molecule has 3 amide bonds. The number of halogens is 1. The maximum Gasteiger partial charge on any atom is 0.294 e. The van der Waals surface area contributed by atoms with Crippen molar-refractivity contribution in [3.05, 3.63) is 57.7 Å². The summed E-state index contributed by atoms with van der Waals surface area (Å²) in [6, 6.07) is 10.7. The first-order valence-corrected chi connectivity index (χ1v) is 8.97. The van der Waals surface area contributed by atoms with Crippen LogP contribution in [0.3, 0.4) is 0 Å². The Hall–Kier alpha value is -2.32. The number of benzene rings is 1. The van der Waals surface area contributed by atoms with Gasteiger partial charge in [0.15, 0.2) is 0 Å². The molecule has 0 aliphatic carbocycles. The molecule has 0 radical (unpaired) electrons. The van der Waals surface area contributed by atoms with Crippen LogP contribution in [0.4, 0.5) is 10.5 Å². The zero-order valence-corrected chi connectivity index (χ0v) is 15.6. The molecular weight excluding hydrogens is 406 g/mol. The van der Waals surface area contributed by atoms with Gasteiger partial charge in [0.25, 0.3) is 11.1 Å². The zero-order chi connectivity index (χ0) is 18.0. The van der Waals surface area contributed by atoms with Crippen molar-refractivity contribution in [2.45, 2.75) is 0 Å². The molecule has 25 heavy (non-hydrogen) atoms. The second-order valence-electron chi connectivity index (χ2n) is 5.37. The normalized spacial score (nSPS) is 15.9. The van der Waals surface area contributed by atoms with Crippen LogP contribution in [0.1, 0.15) is 5.69 Å². The minimum atomic E-state index is -0.456. The molecule has 0 bridgehead atoms. The standard InChI is InChI=1S/C17H14BrN3O3S/c1-20-8-2-3-13(20)9-14-16(23)21(17(24)25-14)10-15(22)19-12-6-4-11(18)5-7-12/h2-9H,10H2,1H3,(H,19,22). The summed E-state index contributed by atoms with van der Waals surface area (Å²) in [5, 5.41) is 2.22. The van der Waals surface area contributed by atoms with Crippen molar-refractivity contribution in [2.24, 2.45) is 7.05 Å². The van der Waals surface area contributed by atoms with Gasteiger partial charge < -0.3 is 9.88 Å². The van der Waals surface area contributed by atoms with E-state index in [1.165, 1.54) is 0 Å². The Labute approximate surface area is 157 Å². The molecule has 8 heteroatoms. The summed E-state index contributed by atoms with van der Waals surface area (Å²) in [6.45, 7) is -0.314. The molecule has 1 aliphatic heterocycles. The fourth-order valence-electron chi connectivity index (χ4n) is 2.27. The predicted octanol–water partition coefficient (Wildman–Crippen LogP) is 3.46. The van der Waals surface area contributed by atoms with E-state index in [1.54, 1.807) is 30.3 Å². The maximum absolute atomic E-state index is 12.4. The summed E-state index contributed by atoms with van der Waals surface area (Å²) < 4.78 is 2.73. The average molecular weight is 420 g/mol. The van der Waals surface area contributed by atoms with Crippen LogP contribution in [0.2, 0.25) is 0 Å². The average Bonchev–Trinajstić information content (AvgIpc) is 3.08. The van der Waals surface area contributed by atoms with Gasteiger partial charge in [-0.15, -0.1) is 0 Å². The van der Waals surface area contributed by atoms with Crippen molar-refractivity contribution in [1.29, 1.82) is 0 Å². The number of anilines is 1. The Kier molecular flexibility index (Phi) is 5.10. The van der Waals surface area contributed by atoms with Crippen LogP contribution in [0.25, 0.3) is 6.08 Å². The highest BCUT2D eigenvalue weighted by molar-refractivity contribution is 9.10. The number of amides is 3. The third-order valence-electron chi connectivity index (χ3n) is 3.57. The van der Waals surface area contributed by atoms with Gasteiger partial charge in [-0.3, -0.25) is 19.3 Å². The molecule has 2 heterocycles. The Morgan fingerprint density at radius 1 is 1.24 bits per heavy atom. The monoisotopic (exact) mass is 419 g/mol. The second kappa shape index (κ2) is 7.28. The van der Waals surface area contributed by atoms with Crippen LogP contribution in [-0.2, 0) is 16.6 Å². The van der Waals surface area contributed by atoms with Crippen molar-refractivity contribution in [3.8, 4) is 0 Å². The molecule has 1 aliphatic rings. The van der Waals surface area contributed by atoms with E-state index in [-0.39, 0.29) is 6.54 Å². The Balaban J connectivity index is 1.68. The van der Waals surface area contributed by atoms with E-state index >= 15 is 0 Å². The van der Waals surface area contributed by atoms with Crippen LogP contribution in [0.5, 0.6) is 0 Å². The zero-order valence-electron chi connectivity index (χ0n) is 13.2. The number of rotatable bonds is 4. The highest BCUT2D eigenvalue weighted by Gasteiger charge is 2.36. The van der Waals surface area contributed by atoms with Crippen LogP contribution in [0.15, 0.2) is 52.0 Å². The fraction of sp³-hybridized carbons (Fsp3) is 0.118. The summed E-state index contributed by atoms with van der Waals surface area (Å²) in [5.74, 6) is -0.883. The van der Waals surface area contributed by atoms with Gasteiger partial charge in [0.1, 0.15) is 6.54 Å². The molecule has 1 fully saturated rings. The first kappa shape index (κ1) is 17.5. The van der Waals surface area contributed by atoms with Gasteiger partial charge in [0.05, 0.1) is 4.91 Å². The van der Waals surface area contributed by atoms with Gasteiger partial charge in [-0.1, -0.05) is 15.9 Å². The van der Waals surface area contributed by atoms with E-state index in [1.807, 2.05) is 29.9 Å². The lowest BCUT2D eigenvalue weighted by molar-refractivity contribution is -0.127. The van der Waals surface area contributed by atoms with Crippen LogP contribution in [-0.4, -0.2) is 33.1 Å². The molecule has 1 N–H and O–H groups in total. The van der Waals surface area contributed by atoms with Crippen molar-refractivity contribution in [2.75, 3.05) is 11.9 Å². The van der Waals surface area contributed by atoms with Crippen molar-refractivity contribution in [3.63, 3.8) is 0 Å². The molecule has 1 aromatic heterocycles. The molecule has 0 saturated carbocycles. The number of nitrogens with zero attached hydrogens (tertiary/aromatic N) is 2. The lowest BCUT2D eigenvalue weighted by atomic mass is 10.3. The molecule has 6 nitrogen and oxygen atoms in total. The number of nitrogens with one attached hydrogen (secondary N) is 1. The number of hydrogen-bond donors (Lipinski definition) is 1. The highest BCUT2D eigenvalue weighted by Crippen LogP contribution is 2.32. The summed E-state index contributed by atoms with van der Waals surface area (Å²) in [6.07, 6.45) is 3.50. The number of aromatic nitrogens is 1. The highest BCUT2D eigenvalue weighted by atomic mass is 79.9. The van der Waals surface area contributed by atoms with Crippen LogP contribution >= 0.6 is 27.7 Å². The van der Waals surface area contributed by atoms with E-state index in [4.69, 9.17) is 0 Å². The van der Waals surface area contributed by atoms with Crippen molar-refractivity contribution >= 4 is 56.5 Å². The lowest BCUT2D eigenvalue weighted by Crippen LogP contribution is -2.36. The third kappa shape index (κ3) is 4.02. The van der Waals surface area contributed by atoms with Gasteiger partial charge in [0.2, 0.25) is 5.91 Å². The quantitative estimate of drug-likeness (QED) is 0.770. The molecule has 1 saturated heterocycles. The van der Waals surface area contributed by atoms with E-state index in [9.17, 15) is 14.4 Å². The Morgan fingerprint density at radius 2 is 1.96 bits per heavy atom. The molecule has 3 rings (SSSR count). The number of carbonyl (C=O) groups excluding carboxylic acids is 3. The van der Waals surface area contributed by atoms with Gasteiger partial charge >= 0.3 is 0 Å². The van der Waals surface area contributed by atoms with Gasteiger partial charge in [-0.05, 0) is 54.2 Å². The molecule has 0 atom stereocenters. The molecule has 0 spiro atoms. The van der Waals surface area contributed by atoms with Crippen molar-refractivity contribution in [1.82, 2.24) is 9.47 Å². The van der Waals surface area contributed by atoms with Crippen LogP contribution in [0, 0.1) is 0 Å². The summed E-state index contributed by atoms with van der Waals surface area (Å²) in [4.78, 5) is 37.9. The van der Waals surface area contributed by atoms with E-state index in [0.717, 1.165) is 26.8 Å². The molecule has 2 aromatic rings. The van der Waals surface area contributed by atoms with E-state index in [2.05, 4.69) is 21.2 Å². The Morgan fingerprint density at radius 3 is 2.60 bits per heavy atom. The van der Waals surface area contributed by atoms with Gasteiger partial charge in [-0.2, -0.15) is 0 Å². The number of aryl methyl sites for hydroxylation is 1. The van der Waals surface area contributed by atoms with E-state index < -0.39 is 17.1 Å². The van der Waals surface area contributed by atoms with E-state index in [0.29, 0.717) is 10.6 Å². The van der Waals surface area contributed by atoms with Gasteiger partial charge in [0, 0.05) is 29.1 Å². The largest absolute Gasteiger partial charge is 0.351 e. The number of imide groups is 1. The Bertz CT molecular complexity index is 874. The van der Waals surface area contributed by atoms with Gasteiger partial charge in [-0.25, -0.2) is 0 Å². The van der Waals surface area contributed by atoms with Crippen molar-refractivity contribution < 1.29 is 14.4 Å². The fourth-order valence-corrected chi connectivity index (χ4v) is 3.36. The predicted molar refractivity (Wildman–Crippen MR) is 101 cm³/mol. The number of hydrogen-bond acceptors (Lipinski definition) is 4. The molecular formula is C17H14BrN3O3S. The minimum Gasteiger partial charge on any atom is -0.351 e. The maximum atomic E-state index is 12.4. The first-order valence-electron chi connectivity index (χ1n) is 7.36. The second-order valence-corrected chi connectivity index (χ2v) is 7.28. The van der Waals surface area contributed by atoms with Crippen LogP contribution < -0.4 is 5.32 Å². The molecule has 128 valence electrons. The minimum absolute atomic E-state index is 0.309. The molecule has 0 unspecified atom stereocenters. The SMILES string of the molecule is Cn1cccc1C=C1SC(=O)N(CC(=O)Nc2ccc(Br)cc2)C1=O. The lowest BCUT2D eigenvalue weighted by Gasteiger charge is -2.12. The molecule has 1 aromatic carbocycles. The third-order valence-corrected chi connectivity index (χ3v) is 5.00. The first-order chi connectivity index (χ1) is 11.9. The summed E-state index contributed by atoms with van der Waals surface area (Å²) >= 11 is 4.15. The summed E-state index contributed by atoms with van der Waals surface area (Å²) in [7, 11) is 1.85.